The highest BCUT2D eigenvalue weighted by Gasteiger charge is 2.30. The van der Waals surface area contributed by atoms with E-state index < -0.39 is 28.5 Å². The first-order valence-electron chi connectivity index (χ1n) is 10.3. The summed E-state index contributed by atoms with van der Waals surface area (Å²) < 4.78 is 26.3. The Balaban J connectivity index is 2.40. The van der Waals surface area contributed by atoms with Crippen molar-refractivity contribution in [2.24, 2.45) is 0 Å². The highest BCUT2D eigenvalue weighted by Crippen LogP contribution is 2.24. The minimum atomic E-state index is -3.75. The summed E-state index contributed by atoms with van der Waals surface area (Å²) in [5.41, 5.74) is 2.93. The fraction of sp³-hybridized carbons (Fsp3) is 0.391. The summed E-state index contributed by atoms with van der Waals surface area (Å²) in [7, 11) is -3.75. The highest BCUT2D eigenvalue weighted by molar-refractivity contribution is 7.92. The zero-order valence-electron chi connectivity index (χ0n) is 19.1. The third kappa shape index (κ3) is 6.71. The number of carbonyl (C=O) groups excluding carboxylic acids is 2. The fourth-order valence-corrected chi connectivity index (χ4v) is 4.40. The lowest BCUT2D eigenvalue weighted by Gasteiger charge is -2.32. The molecule has 0 aliphatic carbocycles. The number of amides is 2. The number of rotatable bonds is 9. The molecule has 0 spiro atoms. The Morgan fingerprint density at radius 2 is 1.72 bits per heavy atom. The molecule has 0 saturated carbocycles. The summed E-state index contributed by atoms with van der Waals surface area (Å²) in [5.74, 6) is -0.795. The zero-order valence-corrected chi connectivity index (χ0v) is 20.6. The first-order valence-corrected chi connectivity index (χ1v) is 12.5. The molecule has 2 aromatic carbocycles. The number of nitrogens with one attached hydrogen (secondary N) is 1. The van der Waals surface area contributed by atoms with Crippen molar-refractivity contribution in [3.8, 4) is 0 Å². The number of carbonyl (C=O) groups is 2. The Labute approximate surface area is 195 Å². The van der Waals surface area contributed by atoms with Crippen LogP contribution in [0.5, 0.6) is 0 Å². The van der Waals surface area contributed by atoms with Gasteiger partial charge in [0, 0.05) is 18.1 Å². The van der Waals surface area contributed by atoms with Gasteiger partial charge in [-0.25, -0.2) is 8.42 Å². The van der Waals surface area contributed by atoms with Gasteiger partial charge in [-0.05, 0) is 57.0 Å². The second-order valence-corrected chi connectivity index (χ2v) is 10.1. The average molecular weight is 480 g/mol. The minimum absolute atomic E-state index is 0.138. The molecule has 174 valence electrons. The van der Waals surface area contributed by atoms with Crippen LogP contribution in [-0.2, 0) is 26.2 Å². The summed E-state index contributed by atoms with van der Waals surface area (Å²) in [4.78, 5) is 27.3. The van der Waals surface area contributed by atoms with Crippen molar-refractivity contribution in [1.82, 2.24) is 10.2 Å². The summed E-state index contributed by atoms with van der Waals surface area (Å²) in [6, 6.07) is 11.5. The molecule has 2 aromatic rings. The number of hydrogen-bond donors (Lipinski definition) is 1. The second kappa shape index (κ2) is 10.8. The van der Waals surface area contributed by atoms with Crippen LogP contribution in [0.1, 0.15) is 30.5 Å². The zero-order chi connectivity index (χ0) is 24.1. The largest absolute Gasteiger partial charge is 0.355 e. The maximum atomic E-state index is 13.4. The van der Waals surface area contributed by atoms with E-state index in [4.69, 9.17) is 11.6 Å². The molecule has 0 aliphatic heterocycles. The first kappa shape index (κ1) is 25.7. The van der Waals surface area contributed by atoms with Crippen molar-refractivity contribution in [3.05, 3.63) is 64.2 Å². The van der Waals surface area contributed by atoms with E-state index in [-0.39, 0.29) is 12.5 Å². The van der Waals surface area contributed by atoms with E-state index in [2.05, 4.69) is 5.32 Å². The first-order chi connectivity index (χ1) is 14.9. The van der Waals surface area contributed by atoms with E-state index in [0.29, 0.717) is 17.3 Å². The standard InChI is InChI=1S/C23H30ClN3O4S/c1-6-25-23(29)18(4)26(14-19-8-10-20(24)11-9-19)22(28)15-27(32(5,30)31)21-12-7-16(2)13-17(21)3/h7-13,18H,6,14-15H2,1-5H3,(H,25,29). The monoisotopic (exact) mass is 479 g/mol. The number of nitrogens with zero attached hydrogens (tertiary/aromatic N) is 2. The molecule has 0 aromatic heterocycles. The van der Waals surface area contributed by atoms with Crippen molar-refractivity contribution >= 4 is 39.1 Å². The predicted octanol–water partition coefficient (Wildman–Crippen LogP) is 3.28. The van der Waals surface area contributed by atoms with Crippen LogP contribution in [-0.4, -0.2) is 50.5 Å². The van der Waals surface area contributed by atoms with Gasteiger partial charge in [0.15, 0.2) is 0 Å². The Morgan fingerprint density at radius 1 is 1.09 bits per heavy atom. The van der Waals surface area contributed by atoms with Crippen LogP contribution in [0.15, 0.2) is 42.5 Å². The molecule has 0 aliphatic rings. The van der Waals surface area contributed by atoms with Gasteiger partial charge in [0.2, 0.25) is 21.8 Å². The van der Waals surface area contributed by atoms with Gasteiger partial charge >= 0.3 is 0 Å². The van der Waals surface area contributed by atoms with Crippen molar-refractivity contribution in [3.63, 3.8) is 0 Å². The van der Waals surface area contributed by atoms with Crippen molar-refractivity contribution in [2.75, 3.05) is 23.7 Å². The fourth-order valence-electron chi connectivity index (χ4n) is 3.37. The van der Waals surface area contributed by atoms with Gasteiger partial charge in [-0.2, -0.15) is 0 Å². The number of hydrogen-bond acceptors (Lipinski definition) is 4. The van der Waals surface area contributed by atoms with Crippen LogP contribution < -0.4 is 9.62 Å². The van der Waals surface area contributed by atoms with Crippen LogP contribution in [0.25, 0.3) is 0 Å². The molecule has 1 N–H and O–H groups in total. The molecule has 2 amide bonds. The lowest BCUT2D eigenvalue weighted by atomic mass is 10.1. The van der Waals surface area contributed by atoms with Crippen LogP contribution in [0, 0.1) is 13.8 Å². The normalized spacial score (nSPS) is 12.2. The van der Waals surface area contributed by atoms with Crippen LogP contribution in [0.2, 0.25) is 5.02 Å². The van der Waals surface area contributed by atoms with Gasteiger partial charge in [-0.1, -0.05) is 41.4 Å². The molecule has 9 heteroatoms. The number of benzene rings is 2. The van der Waals surface area contributed by atoms with Gasteiger partial charge < -0.3 is 10.2 Å². The van der Waals surface area contributed by atoms with E-state index in [9.17, 15) is 18.0 Å². The number of likely N-dealkylation sites (N-methyl/N-ethyl adjacent to an activating group) is 1. The summed E-state index contributed by atoms with van der Waals surface area (Å²) >= 11 is 5.96. The molecular weight excluding hydrogens is 450 g/mol. The highest BCUT2D eigenvalue weighted by atomic mass is 35.5. The van der Waals surface area contributed by atoms with Crippen LogP contribution in [0.3, 0.4) is 0 Å². The molecule has 1 atom stereocenters. The molecule has 0 radical (unpaired) electrons. The maximum absolute atomic E-state index is 13.4. The smallest absolute Gasteiger partial charge is 0.244 e. The number of halogens is 1. The van der Waals surface area contributed by atoms with Crippen molar-refractivity contribution < 1.29 is 18.0 Å². The van der Waals surface area contributed by atoms with E-state index >= 15 is 0 Å². The third-order valence-electron chi connectivity index (χ3n) is 5.08. The molecule has 0 heterocycles. The van der Waals surface area contributed by atoms with E-state index in [1.54, 1.807) is 57.2 Å². The number of aryl methyl sites for hydroxylation is 2. The van der Waals surface area contributed by atoms with Gasteiger partial charge in [0.05, 0.1) is 11.9 Å². The molecule has 2 rings (SSSR count). The summed E-state index contributed by atoms with van der Waals surface area (Å²) in [5, 5.41) is 3.28. The Morgan fingerprint density at radius 3 is 2.25 bits per heavy atom. The Kier molecular flexibility index (Phi) is 8.69. The molecular formula is C23H30ClN3O4S. The Bertz CT molecular complexity index is 1070. The number of sulfonamides is 1. The molecule has 0 fully saturated rings. The van der Waals surface area contributed by atoms with Crippen LogP contribution >= 0.6 is 11.6 Å². The van der Waals surface area contributed by atoms with Gasteiger partial charge in [0.1, 0.15) is 12.6 Å². The van der Waals surface area contributed by atoms with Gasteiger partial charge in [-0.15, -0.1) is 0 Å². The number of anilines is 1. The SMILES string of the molecule is CCNC(=O)C(C)N(Cc1ccc(Cl)cc1)C(=O)CN(c1ccc(C)cc1C)S(C)(=O)=O. The maximum Gasteiger partial charge on any atom is 0.244 e. The molecule has 7 nitrogen and oxygen atoms in total. The van der Waals surface area contributed by atoms with Gasteiger partial charge in [-0.3, -0.25) is 13.9 Å². The summed E-state index contributed by atoms with van der Waals surface area (Å²) in [6.07, 6.45) is 1.07. The van der Waals surface area contributed by atoms with Crippen molar-refractivity contribution in [2.45, 2.75) is 40.3 Å². The molecule has 0 bridgehead atoms. The average Bonchev–Trinajstić information content (AvgIpc) is 2.71. The lowest BCUT2D eigenvalue weighted by molar-refractivity contribution is -0.139. The third-order valence-corrected chi connectivity index (χ3v) is 6.46. The van der Waals surface area contributed by atoms with Crippen LogP contribution in [0.4, 0.5) is 5.69 Å². The minimum Gasteiger partial charge on any atom is -0.355 e. The second-order valence-electron chi connectivity index (χ2n) is 7.78. The predicted molar refractivity (Wildman–Crippen MR) is 128 cm³/mol. The quantitative estimate of drug-likeness (QED) is 0.598. The Hall–Kier alpha value is -2.58. The van der Waals surface area contributed by atoms with E-state index in [1.807, 2.05) is 13.0 Å². The van der Waals surface area contributed by atoms with E-state index in [1.165, 1.54) is 4.90 Å². The van der Waals surface area contributed by atoms with E-state index in [0.717, 1.165) is 27.3 Å². The van der Waals surface area contributed by atoms with Gasteiger partial charge in [0.25, 0.3) is 0 Å². The molecule has 32 heavy (non-hydrogen) atoms. The lowest BCUT2D eigenvalue weighted by Crippen LogP contribution is -2.51. The topological polar surface area (TPSA) is 86.8 Å². The van der Waals surface area contributed by atoms with Crippen molar-refractivity contribution in [1.29, 1.82) is 0 Å². The summed E-state index contributed by atoms with van der Waals surface area (Å²) in [6.45, 7) is 7.27. The molecule has 0 saturated heterocycles. The molecule has 1 unspecified atom stereocenters.